The minimum atomic E-state index is 0.268. The fourth-order valence-corrected chi connectivity index (χ4v) is 2.17. The van der Waals surface area contributed by atoms with E-state index in [1.165, 1.54) is 0 Å². The third-order valence-corrected chi connectivity index (χ3v) is 3.42. The van der Waals surface area contributed by atoms with Crippen LogP contribution in [0.1, 0.15) is 33.3 Å². The number of hydrogen-bond donors (Lipinski definition) is 1. The number of halogens is 1. The van der Waals surface area contributed by atoms with Crippen LogP contribution >= 0.6 is 11.6 Å². The topological polar surface area (TPSA) is 24.5 Å². The minimum Gasteiger partial charge on any atom is -0.377 e. The Morgan fingerprint density at radius 2 is 1.95 bits per heavy atom. The van der Waals surface area contributed by atoms with Crippen LogP contribution < -0.4 is 10.2 Å². The third kappa shape index (κ3) is 5.70. The highest BCUT2D eigenvalue weighted by molar-refractivity contribution is 6.31. The molecule has 3 nitrogen and oxygen atoms in total. The fourth-order valence-electron chi connectivity index (χ4n) is 1.93. The van der Waals surface area contributed by atoms with Gasteiger partial charge in [-0.3, -0.25) is 0 Å². The second-order valence-corrected chi connectivity index (χ2v) is 6.02. The molecular formula is C16H27ClN2O. The van der Waals surface area contributed by atoms with Crippen molar-refractivity contribution in [2.75, 3.05) is 25.1 Å². The number of benzene rings is 1. The molecule has 0 fully saturated rings. The zero-order valence-electron chi connectivity index (χ0n) is 13.2. The second kappa shape index (κ2) is 8.50. The highest BCUT2D eigenvalue weighted by Gasteiger charge is 2.11. The predicted molar refractivity (Wildman–Crippen MR) is 87.8 cm³/mol. The van der Waals surface area contributed by atoms with E-state index >= 15 is 0 Å². The summed E-state index contributed by atoms with van der Waals surface area (Å²) in [5, 5.41) is 4.24. The first kappa shape index (κ1) is 17.3. The molecule has 0 radical (unpaired) electrons. The molecule has 0 aromatic heterocycles. The molecule has 4 heteroatoms. The molecule has 0 saturated carbocycles. The van der Waals surface area contributed by atoms with Crippen molar-refractivity contribution < 1.29 is 4.74 Å². The van der Waals surface area contributed by atoms with E-state index in [0.717, 1.165) is 36.0 Å². The molecule has 1 rings (SSSR count). The van der Waals surface area contributed by atoms with Crippen LogP contribution in [0, 0.1) is 0 Å². The van der Waals surface area contributed by atoms with E-state index in [9.17, 15) is 0 Å². The van der Waals surface area contributed by atoms with Gasteiger partial charge in [0.25, 0.3) is 0 Å². The Bertz CT molecular complexity index is 407. The maximum atomic E-state index is 6.34. The highest BCUT2D eigenvalue weighted by atomic mass is 35.5. The van der Waals surface area contributed by atoms with E-state index in [2.05, 4.69) is 51.0 Å². The van der Waals surface area contributed by atoms with Gasteiger partial charge in [-0.05, 0) is 26.0 Å². The molecule has 114 valence electrons. The zero-order valence-corrected chi connectivity index (χ0v) is 14.0. The molecule has 0 heterocycles. The van der Waals surface area contributed by atoms with Gasteiger partial charge < -0.3 is 15.0 Å². The average molecular weight is 299 g/mol. The maximum Gasteiger partial charge on any atom is 0.0644 e. The number of nitrogens with one attached hydrogen (secondary N) is 1. The van der Waals surface area contributed by atoms with Gasteiger partial charge in [0.15, 0.2) is 0 Å². The Morgan fingerprint density at radius 3 is 2.55 bits per heavy atom. The van der Waals surface area contributed by atoms with Crippen molar-refractivity contribution in [1.82, 2.24) is 5.32 Å². The number of rotatable bonds is 8. The van der Waals surface area contributed by atoms with Crippen molar-refractivity contribution in [2.45, 2.75) is 46.4 Å². The molecule has 0 aliphatic carbocycles. The average Bonchev–Trinajstić information content (AvgIpc) is 2.36. The minimum absolute atomic E-state index is 0.268. The smallest absolute Gasteiger partial charge is 0.0644 e. The summed E-state index contributed by atoms with van der Waals surface area (Å²) in [6, 6.07) is 6.49. The van der Waals surface area contributed by atoms with Gasteiger partial charge in [-0.15, -0.1) is 0 Å². The Labute approximate surface area is 128 Å². The van der Waals surface area contributed by atoms with E-state index in [0.29, 0.717) is 6.04 Å². The van der Waals surface area contributed by atoms with Gasteiger partial charge >= 0.3 is 0 Å². The van der Waals surface area contributed by atoms with Crippen molar-refractivity contribution >= 4 is 17.3 Å². The predicted octanol–water partition coefficient (Wildman–Crippen LogP) is 3.70. The third-order valence-electron chi connectivity index (χ3n) is 3.07. The number of hydrogen-bond acceptors (Lipinski definition) is 3. The van der Waals surface area contributed by atoms with Gasteiger partial charge in [0.05, 0.1) is 12.7 Å². The van der Waals surface area contributed by atoms with E-state index < -0.39 is 0 Å². The van der Waals surface area contributed by atoms with Crippen LogP contribution in [0.15, 0.2) is 18.2 Å². The molecule has 0 aliphatic rings. The van der Waals surface area contributed by atoms with E-state index in [1.807, 2.05) is 12.1 Å². The summed E-state index contributed by atoms with van der Waals surface area (Å²) >= 11 is 6.34. The normalized spacial score (nSPS) is 11.4. The summed E-state index contributed by atoms with van der Waals surface area (Å²) in [6.45, 7) is 10.7. The standard InChI is InChI=1S/C16H27ClN2O/c1-12(2)18-11-14-15(17)7-6-8-16(14)19(5)9-10-20-13(3)4/h6-8,12-13,18H,9-11H2,1-5H3. The summed E-state index contributed by atoms with van der Waals surface area (Å²) in [7, 11) is 2.08. The van der Waals surface area contributed by atoms with Crippen molar-refractivity contribution in [3.63, 3.8) is 0 Å². The summed E-state index contributed by atoms with van der Waals surface area (Å²) in [6.07, 6.45) is 0.268. The molecule has 20 heavy (non-hydrogen) atoms. The molecule has 0 atom stereocenters. The second-order valence-electron chi connectivity index (χ2n) is 5.61. The number of anilines is 1. The van der Waals surface area contributed by atoms with Gasteiger partial charge in [0, 0.05) is 42.5 Å². The Kier molecular flexibility index (Phi) is 7.35. The lowest BCUT2D eigenvalue weighted by molar-refractivity contribution is 0.0846. The molecule has 0 aliphatic heterocycles. The fraction of sp³-hybridized carbons (Fsp3) is 0.625. The molecule has 0 unspecified atom stereocenters. The van der Waals surface area contributed by atoms with Crippen LogP contribution in [0.3, 0.4) is 0 Å². The van der Waals surface area contributed by atoms with Crippen LogP contribution in [-0.4, -0.2) is 32.3 Å². The Balaban J connectivity index is 2.74. The van der Waals surface area contributed by atoms with E-state index in [4.69, 9.17) is 16.3 Å². The van der Waals surface area contributed by atoms with Crippen molar-refractivity contribution in [2.24, 2.45) is 0 Å². The van der Waals surface area contributed by atoms with Crippen LogP contribution in [0.4, 0.5) is 5.69 Å². The van der Waals surface area contributed by atoms with E-state index in [-0.39, 0.29) is 6.10 Å². The molecule has 1 N–H and O–H groups in total. The molecule has 0 spiro atoms. The van der Waals surface area contributed by atoms with Gasteiger partial charge in [-0.25, -0.2) is 0 Å². The Morgan fingerprint density at radius 1 is 1.25 bits per heavy atom. The summed E-state index contributed by atoms with van der Waals surface area (Å²) in [4.78, 5) is 2.20. The van der Waals surface area contributed by atoms with Gasteiger partial charge in [0.2, 0.25) is 0 Å². The first-order chi connectivity index (χ1) is 9.41. The van der Waals surface area contributed by atoms with Gasteiger partial charge in [-0.1, -0.05) is 31.5 Å². The molecule has 0 amide bonds. The molecule has 1 aromatic carbocycles. The molecule has 1 aromatic rings. The molecule has 0 bridgehead atoms. The molecule has 0 saturated heterocycles. The first-order valence-corrected chi connectivity index (χ1v) is 7.63. The van der Waals surface area contributed by atoms with Gasteiger partial charge in [-0.2, -0.15) is 0 Å². The van der Waals surface area contributed by atoms with Crippen LogP contribution in [0.25, 0.3) is 0 Å². The monoisotopic (exact) mass is 298 g/mol. The largest absolute Gasteiger partial charge is 0.377 e. The lowest BCUT2D eigenvalue weighted by Gasteiger charge is -2.24. The van der Waals surface area contributed by atoms with Crippen molar-refractivity contribution in [3.8, 4) is 0 Å². The number of ether oxygens (including phenoxy) is 1. The lowest BCUT2D eigenvalue weighted by Crippen LogP contribution is -2.27. The van der Waals surface area contributed by atoms with Gasteiger partial charge in [0.1, 0.15) is 0 Å². The summed E-state index contributed by atoms with van der Waals surface area (Å²) < 4.78 is 5.61. The number of likely N-dealkylation sites (N-methyl/N-ethyl adjacent to an activating group) is 1. The zero-order chi connectivity index (χ0) is 15.1. The summed E-state index contributed by atoms with van der Waals surface area (Å²) in [5.41, 5.74) is 2.31. The lowest BCUT2D eigenvalue weighted by atomic mass is 10.1. The summed E-state index contributed by atoms with van der Waals surface area (Å²) in [5.74, 6) is 0. The number of nitrogens with zero attached hydrogens (tertiary/aromatic N) is 1. The van der Waals surface area contributed by atoms with Crippen LogP contribution in [0.5, 0.6) is 0 Å². The first-order valence-electron chi connectivity index (χ1n) is 7.25. The molecular weight excluding hydrogens is 272 g/mol. The quantitative estimate of drug-likeness (QED) is 0.792. The SMILES string of the molecule is CC(C)NCc1c(Cl)cccc1N(C)CCOC(C)C. The van der Waals surface area contributed by atoms with Crippen LogP contribution in [-0.2, 0) is 11.3 Å². The maximum absolute atomic E-state index is 6.34. The highest BCUT2D eigenvalue weighted by Crippen LogP contribution is 2.26. The van der Waals surface area contributed by atoms with E-state index in [1.54, 1.807) is 0 Å². The van der Waals surface area contributed by atoms with Crippen molar-refractivity contribution in [3.05, 3.63) is 28.8 Å². The Hall–Kier alpha value is -0.770. The van der Waals surface area contributed by atoms with Crippen LogP contribution in [0.2, 0.25) is 5.02 Å². The van der Waals surface area contributed by atoms with Crippen molar-refractivity contribution in [1.29, 1.82) is 0 Å².